The molecule has 20 rings (SSSR count). The van der Waals surface area contributed by atoms with Gasteiger partial charge in [0.05, 0.1) is 24.0 Å². The number of fused-ring (bicyclic) bond motifs is 6. The van der Waals surface area contributed by atoms with Gasteiger partial charge in [-0.15, -0.1) is 0 Å². The molecule has 2 atom stereocenters. The quantitative estimate of drug-likeness (QED) is 0.0489. The van der Waals surface area contributed by atoms with Gasteiger partial charge in [0.15, 0.2) is 0 Å². The molecule has 0 saturated carbocycles. The Labute approximate surface area is 690 Å². The molecule has 2 unspecified atom stereocenters. The van der Waals surface area contributed by atoms with E-state index in [0.29, 0.717) is 63.6 Å². The average Bonchev–Trinajstić information content (AvgIpc) is 1.51. The van der Waals surface area contributed by atoms with Gasteiger partial charge in [-0.2, -0.15) is 0 Å². The zero-order valence-electron chi connectivity index (χ0n) is 65.7. The molecule has 2 fully saturated rings. The number of hydrogen-bond donors (Lipinski definition) is 1. The summed E-state index contributed by atoms with van der Waals surface area (Å²) in [6.45, 7) is 2.09. The van der Waals surface area contributed by atoms with Crippen LogP contribution in [-0.4, -0.2) is 63.1 Å². The maximum atomic E-state index is 13.1. The first kappa shape index (κ1) is 73.5. The van der Waals surface area contributed by atoms with Gasteiger partial charge in [-0.25, -0.2) is 0 Å². The molecule has 2 heterocycles. The first-order valence-electron chi connectivity index (χ1n) is 41.3. The third-order valence-corrected chi connectivity index (χ3v) is 24.1. The Balaban J connectivity index is 0.743. The van der Waals surface area contributed by atoms with Crippen molar-refractivity contribution in [1.29, 1.82) is 0 Å². The minimum Gasteiger partial charge on any atom is -0.490 e. The second-order valence-electron chi connectivity index (χ2n) is 31.7. The molecule has 0 radical (unpaired) electrons. The lowest BCUT2D eigenvalue weighted by molar-refractivity contribution is 0.0624. The molecule has 0 bridgehead atoms. The van der Waals surface area contributed by atoms with Crippen molar-refractivity contribution < 1.29 is 33.5 Å². The van der Waals surface area contributed by atoms with Crippen LogP contribution in [0.1, 0.15) is 89.0 Å². The highest BCUT2D eigenvalue weighted by molar-refractivity contribution is 5.91. The normalized spacial score (nSPS) is 15.1. The topological polar surface area (TPSA) is 82.2 Å². The number of rotatable bonds is 28. The number of hydrogen-bond acceptors (Lipinski definition) is 7. The molecule has 7 heteroatoms. The molecule has 1 N–H and O–H groups in total. The fourth-order valence-corrected chi connectivity index (χ4v) is 18.6. The van der Waals surface area contributed by atoms with Crippen molar-refractivity contribution >= 4 is 0 Å². The Hall–Kier alpha value is -13.4. The smallest absolute Gasteiger partial charge is 0.130 e. The molecular formula is C111H88O7. The molecule has 2 aliphatic carbocycles. The molecule has 2 aliphatic heterocycles. The predicted octanol–water partition coefficient (Wildman–Crippen LogP) is 23.8. The van der Waals surface area contributed by atoms with Gasteiger partial charge in [0.2, 0.25) is 0 Å². The van der Waals surface area contributed by atoms with Gasteiger partial charge in [-0.3, -0.25) is 0 Å². The molecule has 118 heavy (non-hydrogen) atoms. The van der Waals surface area contributed by atoms with E-state index in [4.69, 9.17) is 28.4 Å². The lowest BCUT2D eigenvalue weighted by atomic mass is 9.66. The number of aliphatic hydroxyl groups excluding tert-OH is 1. The van der Waals surface area contributed by atoms with Gasteiger partial charge in [-0.05, 0) is 158 Å². The van der Waals surface area contributed by atoms with Crippen LogP contribution in [0.5, 0.6) is 23.0 Å². The van der Waals surface area contributed by atoms with E-state index >= 15 is 0 Å². The summed E-state index contributed by atoms with van der Waals surface area (Å²) in [5.74, 6) is 3.09. The number of ether oxygens (including phenoxy) is 6. The average molecular weight is 1530 g/mol. The van der Waals surface area contributed by atoms with Gasteiger partial charge in [0, 0.05) is 47.9 Å². The Kier molecular flexibility index (Phi) is 20.1. The van der Waals surface area contributed by atoms with Crippen LogP contribution < -0.4 is 18.9 Å². The van der Waals surface area contributed by atoms with Crippen LogP contribution in [0, 0.1) is 0 Å². The minimum absolute atomic E-state index is 0.0403. The van der Waals surface area contributed by atoms with Gasteiger partial charge in [-0.1, -0.05) is 364 Å². The Morgan fingerprint density at radius 3 is 0.703 bits per heavy atom. The van der Waals surface area contributed by atoms with E-state index in [1.807, 2.05) is 0 Å². The van der Waals surface area contributed by atoms with Crippen molar-refractivity contribution in [2.45, 2.75) is 54.8 Å². The van der Waals surface area contributed by atoms with Crippen LogP contribution in [-0.2, 0) is 46.0 Å². The molecule has 4 aliphatic rings. The Morgan fingerprint density at radius 2 is 0.466 bits per heavy atom. The summed E-state index contributed by atoms with van der Waals surface area (Å²) in [4.78, 5) is 0. The molecule has 0 spiro atoms. The van der Waals surface area contributed by atoms with Crippen molar-refractivity contribution in [3.8, 4) is 89.8 Å². The van der Waals surface area contributed by atoms with Crippen molar-refractivity contribution in [1.82, 2.24) is 0 Å². The van der Waals surface area contributed by atoms with Gasteiger partial charge < -0.3 is 33.5 Å². The van der Waals surface area contributed by atoms with Crippen molar-refractivity contribution in [3.63, 3.8) is 0 Å². The van der Waals surface area contributed by atoms with E-state index in [9.17, 15) is 5.11 Å². The van der Waals surface area contributed by atoms with Gasteiger partial charge in [0.25, 0.3) is 0 Å². The molecule has 0 amide bonds. The number of benzene rings is 16. The van der Waals surface area contributed by atoms with Crippen molar-refractivity contribution in [3.05, 3.63) is 477 Å². The maximum Gasteiger partial charge on any atom is 0.130 e. The van der Waals surface area contributed by atoms with E-state index < -0.39 is 16.9 Å². The SMILES string of the molecule is OC(COc1c(Cc2ccccc2)cc(C2(c3cc(Cc4ccccc4)c(OCC4CO4)c(-c4ccccc4)c3)c3ccccc3-c3ccccc32)cc1-c1ccccc1)COc1c(Cc2ccccc2)cc(C2(c3cc(Cc4ccccc4)c(OCC4CO4)c(-c4ccccc4)c3)c3ccccc3-c3ccccc32)cc1-c1ccccc1. The fourth-order valence-electron chi connectivity index (χ4n) is 18.6. The number of aliphatic hydroxyl groups is 1. The fraction of sp³-hybridized carbons (Fsp3) is 0.135. The molecule has 16 aromatic rings. The van der Waals surface area contributed by atoms with E-state index in [1.165, 1.54) is 55.6 Å². The van der Waals surface area contributed by atoms with Crippen LogP contribution in [0.25, 0.3) is 66.8 Å². The molecule has 7 nitrogen and oxygen atoms in total. The van der Waals surface area contributed by atoms with Gasteiger partial charge >= 0.3 is 0 Å². The molecule has 574 valence electrons. The van der Waals surface area contributed by atoms with Crippen molar-refractivity contribution in [2.75, 3.05) is 39.6 Å². The van der Waals surface area contributed by atoms with E-state index in [1.54, 1.807) is 0 Å². The monoisotopic (exact) mass is 1530 g/mol. The predicted molar refractivity (Wildman–Crippen MR) is 474 cm³/mol. The summed E-state index contributed by atoms with van der Waals surface area (Å²) in [7, 11) is 0. The third-order valence-electron chi connectivity index (χ3n) is 24.1. The first-order chi connectivity index (χ1) is 58.4. The highest BCUT2D eigenvalue weighted by Gasteiger charge is 2.50. The maximum absolute atomic E-state index is 13.1. The zero-order chi connectivity index (χ0) is 78.8. The van der Waals surface area contributed by atoms with Gasteiger partial charge in [0.1, 0.15) is 67.7 Å². The Morgan fingerprint density at radius 1 is 0.254 bits per heavy atom. The van der Waals surface area contributed by atoms with Crippen LogP contribution >= 0.6 is 0 Å². The summed E-state index contributed by atoms with van der Waals surface area (Å²) < 4.78 is 40.8. The highest BCUT2D eigenvalue weighted by atomic mass is 16.6. The summed E-state index contributed by atoms with van der Waals surface area (Å²) >= 11 is 0. The molecule has 2 saturated heterocycles. The first-order valence-corrected chi connectivity index (χ1v) is 41.3. The summed E-state index contributed by atoms with van der Waals surface area (Å²) in [5, 5.41) is 13.1. The van der Waals surface area contributed by atoms with E-state index in [2.05, 4.69) is 388 Å². The van der Waals surface area contributed by atoms with Crippen LogP contribution in [0.2, 0.25) is 0 Å². The van der Waals surface area contributed by atoms with E-state index in [0.717, 1.165) is 112 Å². The zero-order valence-corrected chi connectivity index (χ0v) is 65.7. The standard InChI is InChI=1S/C111H88O7/c112-91(69-115-106-83(57-75-33-9-1-10-34-75)61-87(65-98(106)79-41-17-5-18-42-79)110(102-53-29-25-49-94(102)95-50-26-30-54-103(95)110)89-63-85(59-77-37-13-3-14-38-77)108(117-73-92-71-113-92)100(67-89)81-45-21-7-22-46-81)70-116-107-84(58-76-35-11-2-12-36-76)62-88(66-99(107)80-43-19-6-20-44-80)111(104-55-31-27-51-96(104)97-52-28-32-56-105(97)111)90-64-86(60-78-39-15-4-16-40-78)109(118-74-93-72-114-93)101(68-90)82-47-23-8-24-48-82/h1-56,61-68,91-93,112H,57-60,69-74H2. The molecule has 16 aromatic carbocycles. The minimum atomic E-state index is -1.11. The Bertz CT molecular complexity index is 5790. The van der Waals surface area contributed by atoms with Crippen LogP contribution in [0.15, 0.2) is 388 Å². The third kappa shape index (κ3) is 14.3. The summed E-state index contributed by atoms with van der Waals surface area (Å²) in [5.41, 5.74) is 28.7. The number of epoxide rings is 2. The van der Waals surface area contributed by atoms with Crippen molar-refractivity contribution in [2.24, 2.45) is 0 Å². The largest absolute Gasteiger partial charge is 0.490 e. The second kappa shape index (κ2) is 32.4. The summed E-state index contributed by atoms with van der Waals surface area (Å²) in [6.07, 6.45) is 1.30. The molecule has 0 aromatic heterocycles. The van der Waals surface area contributed by atoms with Crippen LogP contribution in [0.4, 0.5) is 0 Å². The highest BCUT2D eigenvalue weighted by Crippen LogP contribution is 2.61. The lowest BCUT2D eigenvalue weighted by Crippen LogP contribution is -2.30. The van der Waals surface area contributed by atoms with E-state index in [-0.39, 0.29) is 25.4 Å². The molecular weight excluding hydrogens is 1450 g/mol. The van der Waals surface area contributed by atoms with Crippen LogP contribution in [0.3, 0.4) is 0 Å². The second-order valence-corrected chi connectivity index (χ2v) is 31.7. The lowest BCUT2D eigenvalue weighted by Gasteiger charge is -2.36. The summed E-state index contributed by atoms with van der Waals surface area (Å²) in [6, 6.07) is 141.